The van der Waals surface area contributed by atoms with Gasteiger partial charge in [-0.1, -0.05) is 26.0 Å². The Kier molecular flexibility index (Phi) is 4.83. The summed E-state index contributed by atoms with van der Waals surface area (Å²) in [6.07, 6.45) is 1.20. The lowest BCUT2D eigenvalue weighted by Gasteiger charge is -2.30. The molecule has 106 valence electrons. The van der Waals surface area contributed by atoms with E-state index in [1.807, 2.05) is 12.1 Å². The van der Waals surface area contributed by atoms with Crippen LogP contribution in [0, 0.1) is 5.92 Å². The van der Waals surface area contributed by atoms with Crippen LogP contribution >= 0.6 is 0 Å². The van der Waals surface area contributed by atoms with Crippen molar-refractivity contribution < 1.29 is 5.11 Å². The van der Waals surface area contributed by atoms with Gasteiger partial charge in [-0.2, -0.15) is 0 Å². The molecule has 1 fully saturated rings. The molecule has 0 aliphatic carbocycles. The molecule has 1 aromatic carbocycles. The smallest absolute Gasteiger partial charge is 0.115 e. The zero-order valence-electron chi connectivity index (χ0n) is 12.3. The van der Waals surface area contributed by atoms with Gasteiger partial charge in [-0.3, -0.25) is 4.90 Å². The maximum atomic E-state index is 9.35. The first kappa shape index (κ1) is 14.4. The van der Waals surface area contributed by atoms with Gasteiger partial charge >= 0.3 is 0 Å². The highest BCUT2D eigenvalue weighted by molar-refractivity contribution is 5.25. The van der Waals surface area contributed by atoms with E-state index in [1.165, 1.54) is 12.0 Å². The normalized spacial score (nSPS) is 25.5. The van der Waals surface area contributed by atoms with Crippen molar-refractivity contribution in [3.63, 3.8) is 0 Å². The molecule has 2 rings (SSSR count). The first-order valence-corrected chi connectivity index (χ1v) is 7.31. The third kappa shape index (κ3) is 3.95. The predicted octanol–water partition coefficient (Wildman–Crippen LogP) is 2.60. The van der Waals surface area contributed by atoms with Crippen LogP contribution in [0.5, 0.6) is 5.75 Å². The van der Waals surface area contributed by atoms with Crippen molar-refractivity contribution in [1.29, 1.82) is 0 Å². The van der Waals surface area contributed by atoms with Gasteiger partial charge in [0, 0.05) is 25.2 Å². The van der Waals surface area contributed by atoms with Crippen LogP contribution < -0.4 is 5.32 Å². The van der Waals surface area contributed by atoms with Crippen LogP contribution in [0.2, 0.25) is 0 Å². The first-order chi connectivity index (χ1) is 9.06. The lowest BCUT2D eigenvalue weighted by Crippen LogP contribution is -2.42. The Morgan fingerprint density at radius 2 is 2.00 bits per heavy atom. The Labute approximate surface area is 116 Å². The first-order valence-electron chi connectivity index (χ1n) is 7.31. The van der Waals surface area contributed by atoms with Crippen LogP contribution in [0.1, 0.15) is 32.8 Å². The summed E-state index contributed by atoms with van der Waals surface area (Å²) in [5.41, 5.74) is 1.27. The zero-order valence-corrected chi connectivity index (χ0v) is 12.3. The highest BCUT2D eigenvalue weighted by Crippen LogP contribution is 2.18. The van der Waals surface area contributed by atoms with Gasteiger partial charge in [-0.15, -0.1) is 0 Å². The average molecular weight is 262 g/mol. The average Bonchev–Trinajstić information content (AvgIpc) is 2.55. The molecule has 2 unspecified atom stereocenters. The van der Waals surface area contributed by atoms with Gasteiger partial charge in [0.15, 0.2) is 0 Å². The van der Waals surface area contributed by atoms with Crippen LogP contribution in [0.3, 0.4) is 0 Å². The Morgan fingerprint density at radius 3 is 2.63 bits per heavy atom. The van der Waals surface area contributed by atoms with Crippen LogP contribution in [-0.4, -0.2) is 35.2 Å². The monoisotopic (exact) mass is 262 g/mol. The van der Waals surface area contributed by atoms with Crippen molar-refractivity contribution in [1.82, 2.24) is 10.2 Å². The van der Waals surface area contributed by atoms with Crippen molar-refractivity contribution in [3.05, 3.63) is 29.8 Å². The summed E-state index contributed by atoms with van der Waals surface area (Å²) in [7, 11) is 0. The van der Waals surface area contributed by atoms with E-state index in [-0.39, 0.29) is 0 Å². The number of phenols is 1. The second kappa shape index (κ2) is 6.40. The number of hydrogen-bond acceptors (Lipinski definition) is 3. The summed E-state index contributed by atoms with van der Waals surface area (Å²) in [6, 6.07) is 8.76. The van der Waals surface area contributed by atoms with Crippen molar-refractivity contribution in [2.45, 2.75) is 45.8 Å². The standard InChI is InChI=1S/C16H26N2O/c1-12(2)16-11-18(13(3)8-9-17-16)10-14-4-6-15(19)7-5-14/h4-7,12-13,16-17,19H,8-11H2,1-3H3. The molecule has 0 aromatic heterocycles. The van der Waals surface area contributed by atoms with Crippen LogP contribution in [0.4, 0.5) is 0 Å². The minimum atomic E-state index is 0.342. The van der Waals surface area contributed by atoms with Crippen molar-refractivity contribution >= 4 is 0 Å². The van der Waals surface area contributed by atoms with E-state index in [2.05, 4.69) is 31.0 Å². The Balaban J connectivity index is 2.04. The summed E-state index contributed by atoms with van der Waals surface area (Å²) in [6.45, 7) is 10.0. The Morgan fingerprint density at radius 1 is 1.32 bits per heavy atom. The summed E-state index contributed by atoms with van der Waals surface area (Å²) in [4.78, 5) is 2.55. The molecule has 1 aliphatic heterocycles. The molecule has 1 heterocycles. The number of nitrogens with one attached hydrogen (secondary N) is 1. The second-order valence-electron chi connectivity index (χ2n) is 6.04. The fourth-order valence-electron chi connectivity index (χ4n) is 2.66. The van der Waals surface area contributed by atoms with Gasteiger partial charge < -0.3 is 10.4 Å². The van der Waals surface area contributed by atoms with E-state index in [1.54, 1.807) is 12.1 Å². The molecule has 1 aliphatic rings. The van der Waals surface area contributed by atoms with Gasteiger partial charge in [0.2, 0.25) is 0 Å². The van der Waals surface area contributed by atoms with E-state index in [9.17, 15) is 5.11 Å². The van der Waals surface area contributed by atoms with E-state index < -0.39 is 0 Å². The molecule has 0 spiro atoms. The fraction of sp³-hybridized carbons (Fsp3) is 0.625. The molecule has 0 radical (unpaired) electrons. The number of aromatic hydroxyl groups is 1. The van der Waals surface area contributed by atoms with Gasteiger partial charge in [0.1, 0.15) is 5.75 Å². The SMILES string of the molecule is CC(C)C1CN(Cc2ccc(O)cc2)C(C)CCN1. The largest absolute Gasteiger partial charge is 0.508 e. The molecular formula is C16H26N2O. The number of phenolic OH excluding ortho intramolecular Hbond substituents is 1. The molecule has 0 amide bonds. The fourth-order valence-corrected chi connectivity index (χ4v) is 2.66. The van der Waals surface area contributed by atoms with E-state index >= 15 is 0 Å². The minimum absolute atomic E-state index is 0.342. The number of nitrogens with zero attached hydrogens (tertiary/aromatic N) is 1. The maximum absolute atomic E-state index is 9.35. The number of rotatable bonds is 3. The number of benzene rings is 1. The highest BCUT2D eigenvalue weighted by Gasteiger charge is 2.24. The molecule has 2 atom stereocenters. The summed E-state index contributed by atoms with van der Waals surface area (Å²) in [5.74, 6) is 1.00. The van der Waals surface area contributed by atoms with E-state index in [4.69, 9.17) is 0 Å². The van der Waals surface area contributed by atoms with Crippen LogP contribution in [-0.2, 0) is 6.54 Å². The van der Waals surface area contributed by atoms with Crippen LogP contribution in [0.15, 0.2) is 24.3 Å². The van der Waals surface area contributed by atoms with Gasteiger partial charge in [0.25, 0.3) is 0 Å². The highest BCUT2D eigenvalue weighted by atomic mass is 16.3. The third-order valence-electron chi connectivity index (χ3n) is 4.15. The summed E-state index contributed by atoms with van der Waals surface area (Å²) >= 11 is 0. The second-order valence-corrected chi connectivity index (χ2v) is 6.04. The quantitative estimate of drug-likeness (QED) is 0.879. The predicted molar refractivity (Wildman–Crippen MR) is 79.2 cm³/mol. The Hall–Kier alpha value is -1.06. The minimum Gasteiger partial charge on any atom is -0.508 e. The summed E-state index contributed by atoms with van der Waals surface area (Å²) in [5, 5.41) is 13.0. The molecule has 19 heavy (non-hydrogen) atoms. The zero-order chi connectivity index (χ0) is 13.8. The van der Waals surface area contributed by atoms with Gasteiger partial charge in [-0.25, -0.2) is 0 Å². The molecular weight excluding hydrogens is 236 g/mol. The van der Waals surface area contributed by atoms with E-state index in [0.29, 0.717) is 23.8 Å². The van der Waals surface area contributed by atoms with E-state index in [0.717, 1.165) is 19.6 Å². The maximum Gasteiger partial charge on any atom is 0.115 e. The molecule has 1 saturated heterocycles. The molecule has 1 aromatic rings. The van der Waals surface area contributed by atoms with Gasteiger partial charge in [-0.05, 0) is 43.5 Å². The third-order valence-corrected chi connectivity index (χ3v) is 4.15. The topological polar surface area (TPSA) is 35.5 Å². The Bertz CT molecular complexity index is 388. The molecule has 2 N–H and O–H groups in total. The van der Waals surface area contributed by atoms with Gasteiger partial charge in [0.05, 0.1) is 0 Å². The molecule has 0 bridgehead atoms. The molecule has 3 heteroatoms. The summed E-state index contributed by atoms with van der Waals surface area (Å²) < 4.78 is 0. The number of hydrogen-bond donors (Lipinski definition) is 2. The van der Waals surface area contributed by atoms with Crippen molar-refractivity contribution in [3.8, 4) is 5.75 Å². The van der Waals surface area contributed by atoms with Crippen molar-refractivity contribution in [2.24, 2.45) is 5.92 Å². The van der Waals surface area contributed by atoms with Crippen molar-refractivity contribution in [2.75, 3.05) is 13.1 Å². The van der Waals surface area contributed by atoms with Crippen LogP contribution in [0.25, 0.3) is 0 Å². The lowest BCUT2D eigenvalue weighted by molar-refractivity contribution is 0.184. The molecule has 0 saturated carbocycles. The molecule has 3 nitrogen and oxygen atoms in total. The lowest BCUT2D eigenvalue weighted by atomic mass is 10.0.